The molecule has 51 heavy (non-hydrogen) atoms. The van der Waals surface area contributed by atoms with E-state index in [4.69, 9.17) is 24.3 Å². The maximum Gasteiger partial charge on any atom is 0.494 e. The fourth-order valence-corrected chi connectivity index (χ4v) is 6.54. The van der Waals surface area contributed by atoms with E-state index in [2.05, 4.69) is 18.2 Å². The van der Waals surface area contributed by atoms with Crippen LogP contribution in [0.25, 0.3) is 66.5 Å². The number of hydrogen-bond donors (Lipinski definition) is 0. The van der Waals surface area contributed by atoms with Crippen molar-refractivity contribution < 1.29 is 9.31 Å². The molecule has 0 atom stereocenters. The van der Waals surface area contributed by atoms with Gasteiger partial charge in [0, 0.05) is 32.8 Å². The first-order valence-corrected chi connectivity index (χ1v) is 16.5. The molecule has 1 saturated heterocycles. The molecule has 5 aromatic carbocycles. The summed E-state index contributed by atoms with van der Waals surface area (Å²) in [4.78, 5) is 15.6. The smallest absolute Gasteiger partial charge is 0.399 e. The maximum absolute atomic E-state index is 10.6. The Morgan fingerprint density at radius 1 is 0.549 bits per heavy atom. The van der Waals surface area contributed by atoms with Crippen LogP contribution < -0.4 is 5.46 Å². The zero-order chi connectivity index (χ0) is 35.5. The van der Waals surface area contributed by atoms with Gasteiger partial charge in [-0.25, -0.2) is 15.0 Å². The number of nitriles is 3. The van der Waals surface area contributed by atoms with Gasteiger partial charge in [-0.1, -0.05) is 66.7 Å². The molecule has 0 amide bonds. The summed E-state index contributed by atoms with van der Waals surface area (Å²) in [5.41, 5.74) is 7.59. The molecule has 2 aromatic heterocycles. The zero-order valence-electron chi connectivity index (χ0n) is 28.4. The van der Waals surface area contributed by atoms with Crippen molar-refractivity contribution in [2.24, 2.45) is 0 Å². The number of rotatable bonds is 4. The Morgan fingerprint density at radius 3 is 1.63 bits per heavy atom. The number of aromatic nitrogens is 3. The molecule has 0 N–H and O–H groups in total. The summed E-state index contributed by atoms with van der Waals surface area (Å²) in [7, 11) is -0.509. The van der Waals surface area contributed by atoms with E-state index in [1.165, 1.54) is 0 Å². The van der Waals surface area contributed by atoms with Crippen LogP contribution in [0.15, 0.2) is 103 Å². The number of fused-ring (bicyclic) bond motifs is 5. The van der Waals surface area contributed by atoms with Gasteiger partial charge in [0.05, 0.1) is 79.7 Å². The van der Waals surface area contributed by atoms with E-state index < -0.39 is 18.3 Å². The van der Waals surface area contributed by atoms with Gasteiger partial charge >= 0.3 is 7.12 Å². The average molecular weight is 661 g/mol. The lowest BCUT2D eigenvalue weighted by Gasteiger charge is -2.32. The molecule has 0 unspecified atom stereocenters. The summed E-state index contributed by atoms with van der Waals surface area (Å²) in [6.45, 7) is 8.12. The predicted octanol–water partition coefficient (Wildman–Crippen LogP) is 8.25. The van der Waals surface area contributed by atoms with Crippen LogP contribution in [0.1, 0.15) is 44.4 Å². The largest absolute Gasteiger partial charge is 0.494 e. The Morgan fingerprint density at radius 2 is 1.06 bits per heavy atom. The van der Waals surface area contributed by atoms with Gasteiger partial charge in [-0.2, -0.15) is 15.8 Å². The van der Waals surface area contributed by atoms with Gasteiger partial charge in [0.1, 0.15) is 0 Å². The van der Waals surface area contributed by atoms with Crippen LogP contribution in [0, 0.1) is 34.0 Å². The third-order valence-electron chi connectivity index (χ3n) is 10.0. The first-order valence-electron chi connectivity index (χ1n) is 16.5. The normalized spacial score (nSPS) is 14.7. The van der Waals surface area contributed by atoms with E-state index >= 15 is 0 Å². The molecule has 7 aromatic rings. The highest BCUT2D eigenvalue weighted by Gasteiger charge is 2.51. The van der Waals surface area contributed by atoms with Gasteiger partial charge in [0.15, 0.2) is 0 Å². The summed E-state index contributed by atoms with van der Waals surface area (Å²) in [5.74, 6) is 0. The summed E-state index contributed by atoms with van der Waals surface area (Å²) in [5, 5.41) is 31.8. The second-order valence-electron chi connectivity index (χ2n) is 13.6. The topological polar surface area (TPSA) is 128 Å². The highest BCUT2D eigenvalue weighted by molar-refractivity contribution is 6.62. The lowest BCUT2D eigenvalue weighted by Crippen LogP contribution is -2.41. The van der Waals surface area contributed by atoms with E-state index in [9.17, 15) is 15.8 Å². The number of para-hydroxylation sites is 1. The van der Waals surface area contributed by atoms with Gasteiger partial charge in [-0.15, -0.1) is 0 Å². The highest BCUT2D eigenvalue weighted by atomic mass is 16.7. The number of pyridine rings is 1. The first-order chi connectivity index (χ1) is 24.6. The first kappa shape index (κ1) is 31.8. The third-order valence-corrected chi connectivity index (χ3v) is 10.0. The molecule has 1 aliphatic rings. The van der Waals surface area contributed by atoms with Crippen molar-refractivity contribution in [1.29, 1.82) is 15.8 Å². The number of nitrogens with zero attached hydrogens (tertiary/aromatic N) is 6. The molecule has 1 fully saturated rings. The molecule has 0 bridgehead atoms. The summed E-state index contributed by atoms with van der Waals surface area (Å²) < 4.78 is 12.6. The molecule has 0 aliphatic carbocycles. The second kappa shape index (κ2) is 11.9. The maximum atomic E-state index is 10.6. The molecule has 242 valence electrons. The molecular weight excluding hydrogens is 631 g/mol. The Kier molecular flexibility index (Phi) is 7.40. The Hall–Kier alpha value is -6.44. The predicted molar refractivity (Wildman–Crippen MR) is 199 cm³/mol. The van der Waals surface area contributed by atoms with Crippen LogP contribution in [-0.2, 0) is 9.31 Å². The Bertz CT molecular complexity index is 2650. The number of hydrogen-bond acceptors (Lipinski definition) is 8. The van der Waals surface area contributed by atoms with Crippen molar-refractivity contribution >= 4 is 45.3 Å². The summed E-state index contributed by atoms with van der Waals surface area (Å²) in [6, 6.07) is 38.8. The van der Waals surface area contributed by atoms with Gasteiger partial charge < -0.3 is 9.31 Å². The van der Waals surface area contributed by atoms with Crippen molar-refractivity contribution in [3.8, 4) is 52.0 Å². The fraction of sp³-hybridized carbons (Fsp3) is 0.143. The van der Waals surface area contributed by atoms with Crippen molar-refractivity contribution in [2.75, 3.05) is 0 Å². The molecule has 8 rings (SSSR count). The van der Waals surface area contributed by atoms with Crippen LogP contribution in [0.5, 0.6) is 0 Å². The van der Waals surface area contributed by atoms with Crippen molar-refractivity contribution in [3.05, 3.63) is 120 Å². The van der Waals surface area contributed by atoms with E-state index in [0.29, 0.717) is 50.2 Å². The van der Waals surface area contributed by atoms with Gasteiger partial charge in [-0.3, -0.25) is 0 Å². The van der Waals surface area contributed by atoms with Crippen molar-refractivity contribution in [3.63, 3.8) is 0 Å². The van der Waals surface area contributed by atoms with E-state index in [0.717, 1.165) is 38.4 Å². The van der Waals surface area contributed by atoms with E-state index in [1.807, 2.05) is 100 Å². The minimum Gasteiger partial charge on any atom is -0.399 e. The lowest BCUT2D eigenvalue weighted by molar-refractivity contribution is 0.00578. The van der Waals surface area contributed by atoms with E-state index in [1.54, 1.807) is 30.3 Å². The van der Waals surface area contributed by atoms with Crippen LogP contribution in [0.4, 0.5) is 0 Å². The molecule has 3 heterocycles. The quantitative estimate of drug-likeness (QED) is 0.136. The Labute approximate surface area is 295 Å². The summed E-state index contributed by atoms with van der Waals surface area (Å²) in [6.07, 6.45) is 0. The fourth-order valence-electron chi connectivity index (χ4n) is 6.54. The third kappa shape index (κ3) is 5.26. The molecule has 0 radical (unpaired) electrons. The summed E-state index contributed by atoms with van der Waals surface area (Å²) >= 11 is 0. The van der Waals surface area contributed by atoms with Crippen LogP contribution in [-0.4, -0.2) is 33.3 Å². The molecule has 9 heteroatoms. The van der Waals surface area contributed by atoms with Gasteiger partial charge in [-0.05, 0) is 69.6 Å². The van der Waals surface area contributed by atoms with Crippen molar-refractivity contribution in [1.82, 2.24) is 15.0 Å². The monoisotopic (exact) mass is 660 g/mol. The highest BCUT2D eigenvalue weighted by Crippen LogP contribution is 2.41. The number of benzene rings is 5. The van der Waals surface area contributed by atoms with Crippen molar-refractivity contribution in [2.45, 2.75) is 38.9 Å². The minimum absolute atomic E-state index is 0.423. The van der Waals surface area contributed by atoms with Crippen LogP contribution in [0.3, 0.4) is 0 Å². The SMILES string of the molecule is CC1(C)OB(c2ccc(-c3nc4ccccc4c4c3c(C#N)cc3nc(-c5ccc(C#N)cc5)c(-c5ccc(C#N)cc5)nc34)cc2)OC1(C)C. The lowest BCUT2D eigenvalue weighted by atomic mass is 9.78. The van der Waals surface area contributed by atoms with Crippen LogP contribution in [0.2, 0.25) is 0 Å². The minimum atomic E-state index is -0.509. The molecule has 0 spiro atoms. The molecule has 0 saturated carbocycles. The zero-order valence-corrected chi connectivity index (χ0v) is 28.4. The average Bonchev–Trinajstić information content (AvgIpc) is 3.39. The van der Waals surface area contributed by atoms with Gasteiger partial charge in [0.25, 0.3) is 0 Å². The molecular formula is C42H29BN6O2. The Balaban J connectivity index is 1.39. The second-order valence-corrected chi connectivity index (χ2v) is 13.6. The van der Waals surface area contributed by atoms with Crippen LogP contribution >= 0.6 is 0 Å². The molecule has 1 aliphatic heterocycles. The van der Waals surface area contributed by atoms with Gasteiger partial charge in [0.2, 0.25) is 0 Å². The van der Waals surface area contributed by atoms with E-state index in [-0.39, 0.29) is 0 Å². The standard InChI is InChI=1S/C42H29BN6O2/c1-41(2)42(3,4)51-43(50-41)31-19-17-27(18-20-31)37-35-30(24-46)21-34-40(36(35)32-7-5-6-8-33(32)47-37)49-39(29-15-11-26(23-45)12-16-29)38(48-34)28-13-9-25(22-44)10-14-28/h5-21H,1-4H3. The molecule has 8 nitrogen and oxygen atoms in total.